The molecule has 0 aliphatic carbocycles. The van der Waals surface area contributed by atoms with Gasteiger partial charge in [0.15, 0.2) is 0 Å². The largest absolute Gasteiger partial charge is 0.465 e. The van der Waals surface area contributed by atoms with Crippen LogP contribution in [0.1, 0.15) is 26.7 Å². The van der Waals surface area contributed by atoms with Crippen LogP contribution < -0.4 is 5.32 Å². The van der Waals surface area contributed by atoms with Gasteiger partial charge in [-0.2, -0.15) is 0 Å². The predicted molar refractivity (Wildman–Crippen MR) is 46.8 cm³/mol. The van der Waals surface area contributed by atoms with E-state index in [-0.39, 0.29) is 12.0 Å². The first kappa shape index (κ1) is 9.52. The number of hydrogen-bond donors (Lipinski definition) is 1. The van der Waals surface area contributed by atoms with Gasteiger partial charge in [0.05, 0.1) is 6.61 Å². The van der Waals surface area contributed by atoms with Crippen LogP contribution in [0.4, 0.5) is 0 Å². The molecule has 1 rings (SSSR count). The summed E-state index contributed by atoms with van der Waals surface area (Å²) < 4.78 is 4.93. The Bertz CT molecular complexity index is 159. The fourth-order valence-corrected chi connectivity index (χ4v) is 1.53. The van der Waals surface area contributed by atoms with Crippen LogP contribution in [-0.2, 0) is 9.53 Å². The van der Waals surface area contributed by atoms with E-state index in [1.54, 1.807) is 0 Å². The predicted octanol–water partition coefficient (Wildman–Crippen LogP) is 0.938. The van der Waals surface area contributed by atoms with Gasteiger partial charge in [0.1, 0.15) is 6.04 Å². The Balaban J connectivity index is 2.35. The van der Waals surface area contributed by atoms with Crippen LogP contribution in [0.2, 0.25) is 0 Å². The number of nitrogens with one attached hydrogen (secondary N) is 1. The molecule has 1 saturated heterocycles. The first-order valence-electron chi connectivity index (χ1n) is 4.64. The van der Waals surface area contributed by atoms with Crippen molar-refractivity contribution in [3.63, 3.8) is 0 Å². The second-order valence-electron chi connectivity index (χ2n) is 3.39. The average molecular weight is 171 g/mol. The van der Waals surface area contributed by atoms with E-state index >= 15 is 0 Å². The quantitative estimate of drug-likeness (QED) is 0.628. The number of esters is 1. The van der Waals surface area contributed by atoms with Crippen LogP contribution in [0.3, 0.4) is 0 Å². The SMILES string of the molecule is CCOC(=O)[C@@H]1C[C@H](C)CCN1. The monoisotopic (exact) mass is 171 g/mol. The molecule has 2 atom stereocenters. The summed E-state index contributed by atoms with van der Waals surface area (Å²) >= 11 is 0. The molecule has 12 heavy (non-hydrogen) atoms. The molecular weight excluding hydrogens is 154 g/mol. The van der Waals surface area contributed by atoms with Crippen molar-refractivity contribution in [1.82, 2.24) is 5.32 Å². The molecule has 3 heteroatoms. The highest BCUT2D eigenvalue weighted by Crippen LogP contribution is 2.15. The molecule has 0 spiro atoms. The number of ether oxygens (including phenoxy) is 1. The van der Waals surface area contributed by atoms with Gasteiger partial charge in [-0.05, 0) is 32.2 Å². The highest BCUT2D eigenvalue weighted by molar-refractivity contribution is 5.75. The van der Waals surface area contributed by atoms with Crippen LogP contribution >= 0.6 is 0 Å². The average Bonchev–Trinajstić information content (AvgIpc) is 2.05. The van der Waals surface area contributed by atoms with E-state index < -0.39 is 0 Å². The van der Waals surface area contributed by atoms with Crippen LogP contribution in [0.5, 0.6) is 0 Å². The zero-order valence-corrected chi connectivity index (χ0v) is 7.80. The standard InChI is InChI=1S/C9H17NO2/c1-3-12-9(11)8-6-7(2)4-5-10-8/h7-8,10H,3-6H2,1-2H3/t7-,8+/m1/s1. The maximum Gasteiger partial charge on any atom is 0.323 e. The van der Waals surface area contributed by atoms with Crippen molar-refractivity contribution in [3.8, 4) is 0 Å². The maximum atomic E-state index is 11.3. The van der Waals surface area contributed by atoms with Crippen LogP contribution in [0, 0.1) is 5.92 Å². The molecule has 1 aliphatic heterocycles. The summed E-state index contributed by atoms with van der Waals surface area (Å²) in [5.41, 5.74) is 0. The van der Waals surface area contributed by atoms with Gasteiger partial charge >= 0.3 is 5.97 Å². The van der Waals surface area contributed by atoms with Gasteiger partial charge in [-0.3, -0.25) is 4.79 Å². The number of carbonyl (C=O) groups is 1. The molecule has 0 radical (unpaired) electrons. The molecule has 0 unspecified atom stereocenters. The summed E-state index contributed by atoms with van der Waals surface area (Å²) in [6.45, 7) is 5.42. The van der Waals surface area contributed by atoms with Crippen molar-refractivity contribution in [2.24, 2.45) is 5.92 Å². The third-order valence-corrected chi connectivity index (χ3v) is 2.24. The molecule has 0 saturated carbocycles. The Morgan fingerprint density at radius 1 is 1.67 bits per heavy atom. The summed E-state index contributed by atoms with van der Waals surface area (Å²) in [5, 5.41) is 3.16. The number of hydrogen-bond acceptors (Lipinski definition) is 3. The van der Waals surface area contributed by atoms with Crippen LogP contribution in [-0.4, -0.2) is 25.2 Å². The van der Waals surface area contributed by atoms with Gasteiger partial charge in [0.25, 0.3) is 0 Å². The fraction of sp³-hybridized carbons (Fsp3) is 0.889. The van der Waals surface area contributed by atoms with Gasteiger partial charge in [-0.15, -0.1) is 0 Å². The maximum absolute atomic E-state index is 11.3. The lowest BCUT2D eigenvalue weighted by atomic mass is 9.94. The molecule has 70 valence electrons. The van der Waals surface area contributed by atoms with Gasteiger partial charge in [0, 0.05) is 0 Å². The van der Waals surface area contributed by atoms with Crippen molar-refractivity contribution in [1.29, 1.82) is 0 Å². The smallest absolute Gasteiger partial charge is 0.323 e. The molecule has 1 aliphatic rings. The molecule has 0 amide bonds. The molecule has 3 nitrogen and oxygen atoms in total. The van der Waals surface area contributed by atoms with Crippen LogP contribution in [0.25, 0.3) is 0 Å². The zero-order chi connectivity index (χ0) is 8.97. The van der Waals surface area contributed by atoms with E-state index in [1.165, 1.54) is 0 Å². The van der Waals surface area contributed by atoms with Gasteiger partial charge in [0.2, 0.25) is 0 Å². The molecule has 1 fully saturated rings. The molecule has 0 bridgehead atoms. The Morgan fingerprint density at radius 2 is 2.42 bits per heavy atom. The van der Waals surface area contributed by atoms with E-state index in [0.29, 0.717) is 12.5 Å². The number of rotatable bonds is 2. The van der Waals surface area contributed by atoms with Crippen LogP contribution in [0.15, 0.2) is 0 Å². The molecule has 0 aromatic carbocycles. The van der Waals surface area contributed by atoms with Gasteiger partial charge in [-0.25, -0.2) is 0 Å². The van der Waals surface area contributed by atoms with Crippen molar-refractivity contribution < 1.29 is 9.53 Å². The molecular formula is C9H17NO2. The van der Waals surface area contributed by atoms with Crippen molar-refractivity contribution >= 4 is 5.97 Å². The summed E-state index contributed by atoms with van der Waals surface area (Å²) in [6, 6.07) is -0.0614. The Morgan fingerprint density at radius 3 is 3.00 bits per heavy atom. The summed E-state index contributed by atoms with van der Waals surface area (Å²) in [7, 11) is 0. The minimum Gasteiger partial charge on any atom is -0.465 e. The number of piperidine rings is 1. The van der Waals surface area contributed by atoms with Crippen molar-refractivity contribution in [2.75, 3.05) is 13.2 Å². The first-order valence-corrected chi connectivity index (χ1v) is 4.64. The lowest BCUT2D eigenvalue weighted by Gasteiger charge is -2.26. The molecule has 0 aromatic rings. The summed E-state index contributed by atoms with van der Waals surface area (Å²) in [5.74, 6) is 0.546. The van der Waals surface area contributed by atoms with E-state index in [9.17, 15) is 4.79 Å². The minimum atomic E-state index is -0.0935. The zero-order valence-electron chi connectivity index (χ0n) is 7.80. The van der Waals surface area contributed by atoms with Gasteiger partial charge in [-0.1, -0.05) is 6.92 Å². The molecule has 0 aromatic heterocycles. The van der Waals surface area contributed by atoms with E-state index in [1.807, 2.05) is 6.92 Å². The lowest BCUT2D eigenvalue weighted by molar-refractivity contribution is -0.146. The highest BCUT2D eigenvalue weighted by atomic mass is 16.5. The van der Waals surface area contributed by atoms with Crippen molar-refractivity contribution in [2.45, 2.75) is 32.7 Å². The topological polar surface area (TPSA) is 38.3 Å². The minimum absolute atomic E-state index is 0.0614. The second-order valence-corrected chi connectivity index (χ2v) is 3.39. The first-order chi connectivity index (χ1) is 5.74. The van der Waals surface area contributed by atoms with E-state index in [4.69, 9.17) is 4.74 Å². The normalized spacial score (nSPS) is 29.8. The van der Waals surface area contributed by atoms with E-state index in [0.717, 1.165) is 19.4 Å². The molecule has 1 heterocycles. The third kappa shape index (κ3) is 2.48. The fourth-order valence-electron chi connectivity index (χ4n) is 1.53. The Hall–Kier alpha value is -0.570. The summed E-state index contributed by atoms with van der Waals surface area (Å²) in [6.07, 6.45) is 2.08. The van der Waals surface area contributed by atoms with E-state index in [2.05, 4.69) is 12.2 Å². The van der Waals surface area contributed by atoms with Crippen molar-refractivity contribution in [3.05, 3.63) is 0 Å². The second kappa shape index (κ2) is 4.45. The molecule has 1 N–H and O–H groups in total. The van der Waals surface area contributed by atoms with Gasteiger partial charge < -0.3 is 10.1 Å². The Labute approximate surface area is 73.5 Å². The lowest BCUT2D eigenvalue weighted by Crippen LogP contribution is -2.43. The highest BCUT2D eigenvalue weighted by Gasteiger charge is 2.25. The summed E-state index contributed by atoms with van der Waals surface area (Å²) in [4.78, 5) is 11.3. The third-order valence-electron chi connectivity index (χ3n) is 2.24. The Kier molecular flexibility index (Phi) is 3.53. The number of carbonyl (C=O) groups excluding carboxylic acids is 1.